The number of aliphatic carboxylic acids is 1. The van der Waals surface area contributed by atoms with Crippen molar-refractivity contribution in [1.82, 2.24) is 10.6 Å². The van der Waals surface area contributed by atoms with Crippen molar-refractivity contribution in [3.63, 3.8) is 0 Å². The Balaban J connectivity index is 1.84. The van der Waals surface area contributed by atoms with Gasteiger partial charge in [0.1, 0.15) is 6.04 Å². The van der Waals surface area contributed by atoms with Crippen LogP contribution < -0.4 is 10.6 Å². The van der Waals surface area contributed by atoms with Crippen LogP contribution in [-0.4, -0.2) is 36.1 Å². The molecular formula is C14H24N2O3. The van der Waals surface area contributed by atoms with Gasteiger partial charge in [-0.15, -0.1) is 0 Å². The zero-order valence-electron chi connectivity index (χ0n) is 11.6. The van der Waals surface area contributed by atoms with Crippen molar-refractivity contribution in [2.24, 2.45) is 11.3 Å². The highest BCUT2D eigenvalue weighted by atomic mass is 16.4. The molecule has 2 rings (SSSR count). The normalized spacial score (nSPS) is 25.8. The van der Waals surface area contributed by atoms with Gasteiger partial charge in [-0.2, -0.15) is 0 Å². The van der Waals surface area contributed by atoms with E-state index in [1.165, 1.54) is 0 Å². The van der Waals surface area contributed by atoms with Gasteiger partial charge in [-0.25, -0.2) is 4.79 Å². The molecule has 1 aliphatic heterocycles. The van der Waals surface area contributed by atoms with Crippen LogP contribution >= 0.6 is 0 Å². The minimum absolute atomic E-state index is 0.0399. The molecule has 1 heterocycles. The van der Waals surface area contributed by atoms with Crippen molar-refractivity contribution < 1.29 is 14.7 Å². The highest BCUT2D eigenvalue weighted by molar-refractivity contribution is 5.87. The minimum atomic E-state index is -0.915. The highest BCUT2D eigenvalue weighted by Crippen LogP contribution is 2.58. The summed E-state index contributed by atoms with van der Waals surface area (Å²) in [6.07, 6.45) is 5.31. The van der Waals surface area contributed by atoms with Crippen LogP contribution in [0.4, 0.5) is 0 Å². The highest BCUT2D eigenvalue weighted by Gasteiger charge is 2.57. The van der Waals surface area contributed by atoms with Gasteiger partial charge in [0.15, 0.2) is 0 Å². The van der Waals surface area contributed by atoms with E-state index in [1.807, 2.05) is 6.92 Å². The first kappa shape index (κ1) is 14.3. The Morgan fingerprint density at radius 1 is 1.42 bits per heavy atom. The van der Waals surface area contributed by atoms with Gasteiger partial charge in [-0.05, 0) is 44.2 Å². The molecule has 5 heteroatoms. The summed E-state index contributed by atoms with van der Waals surface area (Å²) in [5, 5.41) is 15.2. The smallest absolute Gasteiger partial charge is 0.326 e. The van der Waals surface area contributed by atoms with E-state index in [9.17, 15) is 9.59 Å². The summed E-state index contributed by atoms with van der Waals surface area (Å²) in [5.41, 5.74) is 0.170. The second kappa shape index (κ2) is 5.90. The molecular weight excluding hydrogens is 244 g/mol. The van der Waals surface area contributed by atoms with Crippen LogP contribution in [-0.2, 0) is 9.59 Å². The number of carbonyl (C=O) groups is 2. The van der Waals surface area contributed by atoms with Crippen molar-refractivity contribution in [1.29, 1.82) is 0 Å². The summed E-state index contributed by atoms with van der Waals surface area (Å²) in [4.78, 5) is 23.3. The SMILES string of the molecule is CCCC[C@H](NC(=O)C1CC12CCNCC2)C(=O)O. The Bertz CT molecular complexity index is 351. The van der Waals surface area contributed by atoms with Crippen LogP contribution in [0.3, 0.4) is 0 Å². The molecule has 1 spiro atoms. The minimum Gasteiger partial charge on any atom is -0.480 e. The van der Waals surface area contributed by atoms with Gasteiger partial charge in [-0.1, -0.05) is 19.8 Å². The monoisotopic (exact) mass is 268 g/mol. The lowest BCUT2D eigenvalue weighted by molar-refractivity contribution is -0.142. The fourth-order valence-corrected chi connectivity index (χ4v) is 3.13. The van der Waals surface area contributed by atoms with Crippen LogP contribution in [0.15, 0.2) is 0 Å². The third-order valence-electron chi connectivity index (χ3n) is 4.57. The zero-order chi connectivity index (χ0) is 13.9. The van der Waals surface area contributed by atoms with Crippen molar-refractivity contribution in [2.45, 2.75) is 51.5 Å². The Hall–Kier alpha value is -1.10. The molecule has 1 saturated carbocycles. The molecule has 0 aromatic rings. The van der Waals surface area contributed by atoms with Crippen molar-refractivity contribution in [2.75, 3.05) is 13.1 Å². The van der Waals surface area contributed by atoms with Gasteiger partial charge in [0.05, 0.1) is 0 Å². The number of unbranched alkanes of at least 4 members (excludes halogenated alkanes) is 1. The molecule has 1 aliphatic carbocycles. The van der Waals surface area contributed by atoms with Gasteiger partial charge in [0, 0.05) is 5.92 Å². The molecule has 1 saturated heterocycles. The molecule has 2 atom stereocenters. The van der Waals surface area contributed by atoms with Crippen LogP contribution in [0.25, 0.3) is 0 Å². The van der Waals surface area contributed by atoms with Crippen LogP contribution in [0.5, 0.6) is 0 Å². The van der Waals surface area contributed by atoms with E-state index >= 15 is 0 Å². The van der Waals surface area contributed by atoms with E-state index in [0.717, 1.165) is 45.2 Å². The molecule has 2 aliphatic rings. The molecule has 0 aromatic carbocycles. The van der Waals surface area contributed by atoms with Crippen LogP contribution in [0.1, 0.15) is 45.4 Å². The lowest BCUT2D eigenvalue weighted by Crippen LogP contribution is -2.43. The number of hydrogen-bond acceptors (Lipinski definition) is 3. The molecule has 1 unspecified atom stereocenters. The maximum Gasteiger partial charge on any atom is 0.326 e. The standard InChI is InChI=1S/C14H24N2O3/c1-2-3-4-11(13(18)19)16-12(17)10-9-14(10)5-7-15-8-6-14/h10-11,15H,2-9H2,1H3,(H,16,17)(H,18,19)/t10?,11-/m0/s1. The molecule has 19 heavy (non-hydrogen) atoms. The van der Waals surface area contributed by atoms with Gasteiger partial charge in [0.2, 0.25) is 5.91 Å². The van der Waals surface area contributed by atoms with Crippen LogP contribution in [0, 0.1) is 11.3 Å². The van der Waals surface area contributed by atoms with Crippen LogP contribution in [0.2, 0.25) is 0 Å². The summed E-state index contributed by atoms with van der Waals surface area (Å²) < 4.78 is 0. The van der Waals surface area contributed by atoms with E-state index < -0.39 is 12.0 Å². The lowest BCUT2D eigenvalue weighted by Gasteiger charge is -2.23. The van der Waals surface area contributed by atoms with E-state index in [-0.39, 0.29) is 17.2 Å². The Labute approximate surface area is 114 Å². The maximum absolute atomic E-state index is 12.2. The Kier molecular flexibility index (Phi) is 4.45. The van der Waals surface area contributed by atoms with E-state index in [0.29, 0.717) is 6.42 Å². The van der Waals surface area contributed by atoms with Gasteiger partial charge in [0.25, 0.3) is 0 Å². The first-order chi connectivity index (χ1) is 9.09. The molecule has 5 nitrogen and oxygen atoms in total. The number of amides is 1. The van der Waals surface area contributed by atoms with Gasteiger partial charge >= 0.3 is 5.97 Å². The molecule has 108 valence electrons. The topological polar surface area (TPSA) is 78.4 Å². The lowest BCUT2D eigenvalue weighted by atomic mass is 9.91. The molecule has 1 amide bonds. The Morgan fingerprint density at radius 3 is 2.68 bits per heavy atom. The zero-order valence-corrected chi connectivity index (χ0v) is 11.6. The second-order valence-corrected chi connectivity index (χ2v) is 5.91. The quantitative estimate of drug-likeness (QED) is 0.675. The number of rotatable bonds is 6. The van der Waals surface area contributed by atoms with E-state index in [1.54, 1.807) is 0 Å². The molecule has 0 bridgehead atoms. The summed E-state index contributed by atoms with van der Waals surface area (Å²) in [6, 6.07) is -0.716. The second-order valence-electron chi connectivity index (χ2n) is 5.91. The number of carboxylic acid groups (broad SMARTS) is 1. The fourth-order valence-electron chi connectivity index (χ4n) is 3.13. The Morgan fingerprint density at radius 2 is 2.11 bits per heavy atom. The first-order valence-corrected chi connectivity index (χ1v) is 7.33. The first-order valence-electron chi connectivity index (χ1n) is 7.33. The summed E-state index contributed by atoms with van der Waals surface area (Å²) in [6.45, 7) is 3.97. The fraction of sp³-hybridized carbons (Fsp3) is 0.857. The molecule has 3 N–H and O–H groups in total. The molecule has 2 fully saturated rings. The van der Waals surface area contributed by atoms with Gasteiger partial charge in [-0.3, -0.25) is 4.79 Å². The largest absolute Gasteiger partial charge is 0.480 e. The van der Waals surface area contributed by atoms with Crippen molar-refractivity contribution in [3.05, 3.63) is 0 Å². The maximum atomic E-state index is 12.2. The number of hydrogen-bond donors (Lipinski definition) is 3. The average molecular weight is 268 g/mol. The number of carboxylic acids is 1. The number of carbonyl (C=O) groups excluding carboxylic acids is 1. The van der Waals surface area contributed by atoms with Crippen molar-refractivity contribution in [3.8, 4) is 0 Å². The van der Waals surface area contributed by atoms with E-state index in [4.69, 9.17) is 5.11 Å². The summed E-state index contributed by atoms with van der Waals surface area (Å²) >= 11 is 0. The summed E-state index contributed by atoms with van der Waals surface area (Å²) in [7, 11) is 0. The average Bonchev–Trinajstić information content (AvgIpc) is 3.08. The number of nitrogens with one attached hydrogen (secondary N) is 2. The predicted molar refractivity (Wildman–Crippen MR) is 71.7 cm³/mol. The number of piperidine rings is 1. The van der Waals surface area contributed by atoms with E-state index in [2.05, 4.69) is 10.6 Å². The predicted octanol–water partition coefficient (Wildman–Crippen LogP) is 1.14. The van der Waals surface area contributed by atoms with Gasteiger partial charge < -0.3 is 15.7 Å². The molecule has 0 aromatic heterocycles. The third kappa shape index (κ3) is 3.26. The third-order valence-corrected chi connectivity index (χ3v) is 4.57. The van der Waals surface area contributed by atoms with Crippen molar-refractivity contribution >= 4 is 11.9 Å². The summed E-state index contributed by atoms with van der Waals surface area (Å²) in [5.74, 6) is -0.926. The molecule has 0 radical (unpaired) electrons.